The second-order valence-corrected chi connectivity index (χ2v) is 8.71. The zero-order valence-corrected chi connectivity index (χ0v) is 16.7. The van der Waals surface area contributed by atoms with Gasteiger partial charge < -0.3 is 10.2 Å². The van der Waals surface area contributed by atoms with Crippen LogP contribution in [0, 0.1) is 10.8 Å². The van der Waals surface area contributed by atoms with Crippen LogP contribution in [0.4, 0.5) is 8.78 Å². The van der Waals surface area contributed by atoms with Crippen LogP contribution in [-0.2, 0) is 9.59 Å². The van der Waals surface area contributed by atoms with Crippen molar-refractivity contribution in [2.24, 2.45) is 10.8 Å². The fourth-order valence-corrected chi connectivity index (χ4v) is 3.14. The van der Waals surface area contributed by atoms with Gasteiger partial charge in [0.1, 0.15) is 0 Å². The highest BCUT2D eigenvalue weighted by atomic mass is 19.1. The van der Waals surface area contributed by atoms with E-state index in [-0.39, 0.29) is 0 Å². The van der Waals surface area contributed by atoms with Gasteiger partial charge in [0, 0.05) is 10.8 Å². The molecule has 0 aromatic carbocycles. The van der Waals surface area contributed by atoms with Crippen LogP contribution in [0.5, 0.6) is 0 Å². The fourth-order valence-electron chi connectivity index (χ4n) is 3.14. The van der Waals surface area contributed by atoms with Crippen LogP contribution < -0.4 is 0 Å². The molecule has 26 heavy (non-hydrogen) atoms. The van der Waals surface area contributed by atoms with Crippen LogP contribution in [0.25, 0.3) is 0 Å². The average Bonchev–Trinajstić information content (AvgIpc) is 2.54. The lowest BCUT2D eigenvalue weighted by Crippen LogP contribution is -2.32. The molecular weight excluding hydrogens is 342 g/mol. The van der Waals surface area contributed by atoms with Gasteiger partial charge in [-0.05, 0) is 12.8 Å². The molecule has 0 spiro atoms. The Morgan fingerprint density at radius 1 is 0.654 bits per heavy atom. The molecule has 0 bridgehead atoms. The second kappa shape index (κ2) is 11.5. The maximum Gasteiger partial charge on any atom is 0.338 e. The largest absolute Gasteiger partial charge is 0.479 e. The van der Waals surface area contributed by atoms with Gasteiger partial charge in [-0.1, -0.05) is 79.1 Å². The first kappa shape index (κ1) is 24.8. The third-order valence-electron chi connectivity index (χ3n) is 5.20. The normalized spacial score (nSPS) is 14.8. The van der Waals surface area contributed by atoms with Crippen molar-refractivity contribution in [3.8, 4) is 0 Å². The summed E-state index contributed by atoms with van der Waals surface area (Å²) >= 11 is 0. The number of aliphatic carboxylic acids is 2. The zero-order chi connectivity index (χ0) is 20.4. The number of halogens is 2. The number of hydrogen-bond acceptors (Lipinski definition) is 2. The van der Waals surface area contributed by atoms with E-state index in [4.69, 9.17) is 10.2 Å². The van der Waals surface area contributed by atoms with Crippen molar-refractivity contribution in [3.05, 3.63) is 0 Å². The zero-order valence-electron chi connectivity index (χ0n) is 16.7. The van der Waals surface area contributed by atoms with Gasteiger partial charge in [0.15, 0.2) is 0 Å². The standard InChI is InChI=1S/C20H36F2O4/c1-19(2,15(21)17(23)24)13-11-9-7-5-6-8-10-12-14-20(3,4)16(22)18(25)26/h15-16H,5-14H2,1-4H3,(H,23,24)(H,25,26)/t15-,16+. The van der Waals surface area contributed by atoms with E-state index in [0.717, 1.165) is 51.4 Å². The minimum Gasteiger partial charge on any atom is -0.479 e. The van der Waals surface area contributed by atoms with Gasteiger partial charge in [-0.3, -0.25) is 0 Å². The van der Waals surface area contributed by atoms with Crippen molar-refractivity contribution in [2.75, 3.05) is 0 Å². The number of rotatable bonds is 15. The number of unbranched alkanes of at least 4 members (excludes halogenated alkanes) is 7. The molecule has 0 aliphatic heterocycles. The fraction of sp³-hybridized carbons (Fsp3) is 0.900. The van der Waals surface area contributed by atoms with Crippen molar-refractivity contribution in [2.45, 2.75) is 104 Å². The summed E-state index contributed by atoms with van der Waals surface area (Å²) < 4.78 is 27.1. The Bertz CT molecular complexity index is 396. The predicted octanol–water partition coefficient (Wildman–Crippen LogP) is 5.79. The monoisotopic (exact) mass is 378 g/mol. The third kappa shape index (κ3) is 9.48. The van der Waals surface area contributed by atoms with E-state index in [1.54, 1.807) is 27.7 Å². The number of carbonyl (C=O) groups is 2. The summed E-state index contributed by atoms with van der Waals surface area (Å²) in [5.74, 6) is -2.78. The summed E-state index contributed by atoms with van der Waals surface area (Å²) in [4.78, 5) is 21.4. The summed E-state index contributed by atoms with van der Waals surface area (Å²) in [6, 6.07) is 0. The van der Waals surface area contributed by atoms with Crippen molar-refractivity contribution in [1.82, 2.24) is 0 Å². The quantitative estimate of drug-likeness (QED) is 0.354. The van der Waals surface area contributed by atoms with Gasteiger partial charge in [-0.15, -0.1) is 0 Å². The highest BCUT2D eigenvalue weighted by Crippen LogP contribution is 2.31. The van der Waals surface area contributed by atoms with Crippen molar-refractivity contribution in [1.29, 1.82) is 0 Å². The van der Waals surface area contributed by atoms with Gasteiger partial charge in [0.2, 0.25) is 12.3 Å². The van der Waals surface area contributed by atoms with Crippen molar-refractivity contribution in [3.63, 3.8) is 0 Å². The van der Waals surface area contributed by atoms with E-state index >= 15 is 0 Å². The Balaban J connectivity index is 3.69. The van der Waals surface area contributed by atoms with Crippen LogP contribution in [-0.4, -0.2) is 34.5 Å². The Hall–Kier alpha value is -1.20. The smallest absolute Gasteiger partial charge is 0.338 e. The Morgan fingerprint density at radius 2 is 0.885 bits per heavy atom. The Labute approximate surface area is 156 Å². The molecule has 0 aromatic rings. The van der Waals surface area contributed by atoms with E-state index in [2.05, 4.69) is 0 Å². The first-order valence-electron chi connectivity index (χ1n) is 9.65. The lowest BCUT2D eigenvalue weighted by Gasteiger charge is -2.26. The highest BCUT2D eigenvalue weighted by Gasteiger charge is 2.35. The molecule has 0 aliphatic carbocycles. The molecule has 0 saturated heterocycles. The molecule has 0 saturated carbocycles. The van der Waals surface area contributed by atoms with Gasteiger partial charge in [-0.25, -0.2) is 18.4 Å². The summed E-state index contributed by atoms with van der Waals surface area (Å²) in [7, 11) is 0. The van der Waals surface area contributed by atoms with Crippen LogP contribution >= 0.6 is 0 Å². The summed E-state index contributed by atoms with van der Waals surface area (Å²) in [6.07, 6.45) is 5.26. The molecule has 0 fully saturated rings. The molecule has 4 nitrogen and oxygen atoms in total. The molecule has 2 N–H and O–H groups in total. The lowest BCUT2D eigenvalue weighted by atomic mass is 9.82. The second-order valence-electron chi connectivity index (χ2n) is 8.71. The minimum atomic E-state index is -1.82. The maximum absolute atomic E-state index is 13.6. The SMILES string of the molecule is CC(C)(CCCCCCCCCCC(C)(C)[C@@H](F)C(=O)O)[C@H](F)C(=O)O. The van der Waals surface area contributed by atoms with Crippen molar-refractivity contribution < 1.29 is 28.6 Å². The van der Waals surface area contributed by atoms with Gasteiger partial charge >= 0.3 is 11.9 Å². The average molecular weight is 379 g/mol. The highest BCUT2D eigenvalue weighted by molar-refractivity contribution is 5.73. The summed E-state index contributed by atoms with van der Waals surface area (Å²) in [5, 5.41) is 17.5. The molecule has 2 atom stereocenters. The molecule has 0 aliphatic rings. The van der Waals surface area contributed by atoms with E-state index in [1.165, 1.54) is 0 Å². The van der Waals surface area contributed by atoms with Gasteiger partial charge in [0.25, 0.3) is 0 Å². The number of alkyl halides is 2. The van der Waals surface area contributed by atoms with E-state index in [0.29, 0.717) is 12.8 Å². The molecule has 0 unspecified atom stereocenters. The van der Waals surface area contributed by atoms with Crippen LogP contribution in [0.2, 0.25) is 0 Å². The molecule has 154 valence electrons. The maximum atomic E-state index is 13.6. The summed E-state index contributed by atoms with van der Waals surface area (Å²) in [5.41, 5.74) is -1.66. The van der Waals surface area contributed by atoms with E-state index < -0.39 is 35.1 Å². The minimum absolute atomic E-state index is 0.559. The Morgan fingerprint density at radius 3 is 1.12 bits per heavy atom. The van der Waals surface area contributed by atoms with Crippen LogP contribution in [0.15, 0.2) is 0 Å². The molecular formula is C20H36F2O4. The molecule has 0 aromatic heterocycles. The molecule has 0 rings (SSSR count). The molecule has 0 heterocycles. The van der Waals surface area contributed by atoms with Gasteiger partial charge in [-0.2, -0.15) is 0 Å². The number of carboxylic acids is 2. The van der Waals surface area contributed by atoms with E-state index in [9.17, 15) is 18.4 Å². The molecule has 0 amide bonds. The topological polar surface area (TPSA) is 74.6 Å². The first-order valence-corrected chi connectivity index (χ1v) is 9.65. The predicted molar refractivity (Wildman–Crippen MR) is 98.8 cm³/mol. The molecule has 6 heteroatoms. The van der Waals surface area contributed by atoms with Gasteiger partial charge in [0.05, 0.1) is 0 Å². The third-order valence-corrected chi connectivity index (χ3v) is 5.20. The van der Waals surface area contributed by atoms with E-state index in [1.807, 2.05) is 0 Å². The van der Waals surface area contributed by atoms with Crippen molar-refractivity contribution >= 4 is 11.9 Å². The number of hydrogen-bond donors (Lipinski definition) is 2. The Kier molecular flexibility index (Phi) is 11.0. The molecule has 0 radical (unpaired) electrons. The first-order chi connectivity index (χ1) is 11.9. The van der Waals surface area contributed by atoms with Crippen LogP contribution in [0.3, 0.4) is 0 Å². The van der Waals surface area contributed by atoms with Crippen LogP contribution in [0.1, 0.15) is 91.9 Å². The number of carboxylic acid groups (broad SMARTS) is 2. The summed E-state index contributed by atoms with van der Waals surface area (Å²) in [6.45, 7) is 6.61. The lowest BCUT2D eigenvalue weighted by molar-refractivity contribution is -0.148.